The minimum atomic E-state index is -0.261. The molecule has 1 aliphatic rings. The molecule has 0 aromatic heterocycles. The highest BCUT2D eigenvalue weighted by atomic mass is 16.5. The molecule has 0 saturated heterocycles. The van der Waals surface area contributed by atoms with Gasteiger partial charge in [0.15, 0.2) is 0 Å². The first kappa shape index (κ1) is 82.7. The summed E-state index contributed by atoms with van der Waals surface area (Å²) in [6, 6.07) is 84.1. The van der Waals surface area contributed by atoms with Gasteiger partial charge in [0.1, 0.15) is 46.0 Å². The Morgan fingerprint density at radius 1 is 0.224 bits per heavy atom. The molecule has 0 saturated carbocycles. The Morgan fingerprint density at radius 2 is 0.392 bits per heavy atom. The van der Waals surface area contributed by atoms with Crippen LogP contribution in [0.4, 0.5) is 0 Å². The van der Waals surface area contributed by atoms with Gasteiger partial charge in [-0.2, -0.15) is 0 Å². The molecule has 1 heterocycles. The zero-order chi connectivity index (χ0) is 85.7. The maximum Gasteiger partial charge on any atom is 0.136 e. The van der Waals surface area contributed by atoms with Gasteiger partial charge in [0.25, 0.3) is 0 Å². The summed E-state index contributed by atoms with van der Waals surface area (Å²) < 4.78 is 53.7. The Hall–Kier alpha value is -14.6. The van der Waals surface area contributed by atoms with E-state index in [0.717, 1.165) is 175 Å². The Balaban J connectivity index is 0.792. The van der Waals surface area contributed by atoms with Gasteiger partial charge in [0.2, 0.25) is 0 Å². The normalized spacial score (nSPS) is 13.7. The summed E-state index contributed by atoms with van der Waals surface area (Å²) >= 11 is 0. The lowest BCUT2D eigenvalue weighted by atomic mass is 9.89. The number of nitrogens with zero attached hydrogens (tertiary/aromatic N) is 8. The van der Waals surface area contributed by atoms with Crippen molar-refractivity contribution in [2.45, 2.75) is 40.7 Å². The standard InChI is InChI=1S/C109H98N8O8/c1-10-122-106-82-56-74-34-18-26-42-90(74)98(106)99-91-43-27-19-35-75(91)57-83(107(99)123-11-2)65-114-50-47-112-63-80-54-72-32-16-24-40-88(72)96(104(80)120-8)97-89-41-25-17-33-73(89)55-81(105(97)121-9)67-116-60-69(5)117-68-85-59-77-37-21-29-45-93(77)101(109(85)125-13-4)100-92-44-28-20-36-76(92)58-84(108(100)124-12-3)66-115-51-48-111-62-79-53-71-31-15-23-39-87(71)95(103(79)119-7)94-86-38-22-14-30-70(86)52-78(102(94)118-6)61-110-46-49-113-64-82/h14-45,52-59,61-69H,10-13,46-51,60H2,1-9H3. The predicted molar refractivity (Wildman–Crippen MR) is 523 cm³/mol. The lowest BCUT2D eigenvalue weighted by Gasteiger charge is -2.22. The second kappa shape index (κ2) is 38.2. The van der Waals surface area contributed by atoms with Crippen molar-refractivity contribution in [3.8, 4) is 90.5 Å². The molecule has 0 amide bonds. The molecule has 16 bridgehead atoms. The molecule has 16 heteroatoms. The number of ether oxygens (including phenoxy) is 8. The van der Waals surface area contributed by atoms with E-state index in [-0.39, 0.29) is 6.04 Å². The van der Waals surface area contributed by atoms with Crippen molar-refractivity contribution < 1.29 is 37.9 Å². The van der Waals surface area contributed by atoms with Crippen molar-refractivity contribution in [2.24, 2.45) is 39.9 Å². The molecule has 16 aromatic carbocycles. The molecular formula is C109H98N8O8. The zero-order valence-corrected chi connectivity index (χ0v) is 71.9. The molecule has 622 valence electrons. The third kappa shape index (κ3) is 16.6. The van der Waals surface area contributed by atoms with Crippen molar-refractivity contribution in [1.29, 1.82) is 0 Å². The molecule has 16 nitrogen and oxygen atoms in total. The SMILES string of the molecule is CCOc1c2cc3ccccc3c1-c1c(OCC)c(cc3ccccc13)C=NCCN=Cc1cc3ccccc3c(c1OC)-c1c(OC)c(cc3ccccc13)C=NCC(C)N=Cc1cc3ccccc3c(c1OCC)-c1c(OCC)c(cc3ccccc13)C=NCCN=Cc1cc3ccccc3c(c1OC)-c1c(OC)c(cc3ccccc13)C=NCCN=C2. The summed E-state index contributed by atoms with van der Waals surface area (Å²) in [7, 11) is 6.87. The van der Waals surface area contributed by atoms with Crippen LogP contribution in [-0.4, -0.2) is 156 Å². The molecule has 1 atom stereocenters. The van der Waals surface area contributed by atoms with Crippen LogP contribution in [-0.2, 0) is 0 Å². The van der Waals surface area contributed by atoms with Crippen LogP contribution in [0.2, 0.25) is 0 Å². The fourth-order valence-electron chi connectivity index (χ4n) is 17.5. The second-order valence-corrected chi connectivity index (χ2v) is 30.5. The zero-order valence-electron chi connectivity index (χ0n) is 71.9. The van der Waals surface area contributed by atoms with Crippen LogP contribution in [0.5, 0.6) is 46.0 Å². The topological polar surface area (TPSA) is 173 Å². The van der Waals surface area contributed by atoms with Gasteiger partial charge in [-0.05, 0) is 169 Å². The molecule has 1 aliphatic heterocycles. The fourth-order valence-corrected chi connectivity index (χ4v) is 17.5. The minimum absolute atomic E-state index is 0.261. The average molecular weight is 1650 g/mol. The number of hydrogen-bond donors (Lipinski definition) is 0. The van der Waals surface area contributed by atoms with Crippen molar-refractivity contribution in [3.05, 3.63) is 287 Å². The summed E-state index contributed by atoms with van der Waals surface area (Å²) in [5.41, 5.74) is 13.6. The predicted octanol–water partition coefficient (Wildman–Crippen LogP) is 24.1. The number of rotatable bonds is 12. The van der Waals surface area contributed by atoms with Gasteiger partial charge in [0.05, 0.1) is 107 Å². The number of aliphatic imine (C=N–C) groups is 8. The maximum absolute atomic E-state index is 6.88. The molecule has 0 radical (unpaired) electrons. The lowest BCUT2D eigenvalue weighted by molar-refractivity contribution is 0.336. The largest absolute Gasteiger partial charge is 0.495 e. The number of fused-ring (bicyclic) bond motifs is 36. The van der Waals surface area contributed by atoms with Gasteiger partial charge in [0, 0.05) is 139 Å². The van der Waals surface area contributed by atoms with Gasteiger partial charge in [-0.25, -0.2) is 0 Å². The summed E-state index contributed by atoms with van der Waals surface area (Å²) in [5.74, 6) is 5.38. The Morgan fingerprint density at radius 3 is 0.584 bits per heavy atom. The van der Waals surface area contributed by atoms with Crippen LogP contribution < -0.4 is 37.9 Å². The molecule has 0 fully saturated rings. The molecule has 0 aliphatic carbocycles. The first-order chi connectivity index (χ1) is 61.6. The second-order valence-electron chi connectivity index (χ2n) is 30.5. The Bertz CT molecular complexity index is 7060. The van der Waals surface area contributed by atoms with Crippen molar-refractivity contribution in [3.63, 3.8) is 0 Å². The molecule has 1 unspecified atom stereocenters. The fraction of sp³-hybridized carbons (Fsp3) is 0.193. The van der Waals surface area contributed by atoms with Crippen LogP contribution >= 0.6 is 0 Å². The summed E-state index contributed by atoms with van der Waals surface area (Å²) in [6.45, 7) is 14.4. The first-order valence-corrected chi connectivity index (χ1v) is 42.8. The Labute approximate surface area is 728 Å². The first-order valence-electron chi connectivity index (χ1n) is 42.8. The van der Waals surface area contributed by atoms with Crippen molar-refractivity contribution in [2.75, 3.05) is 101 Å². The number of methoxy groups -OCH3 is 4. The van der Waals surface area contributed by atoms with Crippen LogP contribution in [0.1, 0.15) is 79.1 Å². The van der Waals surface area contributed by atoms with Gasteiger partial charge in [-0.15, -0.1) is 0 Å². The highest BCUT2D eigenvalue weighted by molar-refractivity contribution is 6.20. The molecule has 0 N–H and O–H groups in total. The summed E-state index contributed by atoms with van der Waals surface area (Å²) in [4.78, 5) is 41.0. The monoisotopic (exact) mass is 1650 g/mol. The minimum Gasteiger partial charge on any atom is -0.495 e. The Kier molecular flexibility index (Phi) is 25.3. The molecular weight excluding hydrogens is 1550 g/mol. The molecule has 16 aromatic rings. The maximum atomic E-state index is 6.88. The van der Waals surface area contributed by atoms with E-state index in [1.54, 1.807) is 28.4 Å². The van der Waals surface area contributed by atoms with Gasteiger partial charge < -0.3 is 37.9 Å². The van der Waals surface area contributed by atoms with E-state index in [0.29, 0.717) is 118 Å². The average Bonchev–Trinajstić information content (AvgIpc) is 0.752. The van der Waals surface area contributed by atoms with E-state index in [1.807, 2.05) is 77.4 Å². The number of hydrogen-bond acceptors (Lipinski definition) is 16. The van der Waals surface area contributed by atoms with Crippen LogP contribution in [0.3, 0.4) is 0 Å². The van der Waals surface area contributed by atoms with E-state index in [1.165, 1.54) is 0 Å². The summed E-state index contributed by atoms with van der Waals surface area (Å²) in [6.07, 6.45) is 15.3. The van der Waals surface area contributed by atoms with E-state index in [9.17, 15) is 0 Å². The highest BCUT2D eigenvalue weighted by Gasteiger charge is 2.30. The van der Waals surface area contributed by atoms with E-state index < -0.39 is 0 Å². The van der Waals surface area contributed by atoms with Gasteiger partial charge in [-0.3, -0.25) is 39.9 Å². The van der Waals surface area contributed by atoms with E-state index >= 15 is 0 Å². The lowest BCUT2D eigenvalue weighted by Crippen LogP contribution is -2.07. The van der Waals surface area contributed by atoms with E-state index in [2.05, 4.69) is 250 Å². The van der Waals surface area contributed by atoms with Crippen LogP contribution in [0, 0.1) is 0 Å². The smallest absolute Gasteiger partial charge is 0.136 e. The van der Waals surface area contributed by atoms with Gasteiger partial charge in [-0.1, -0.05) is 194 Å². The molecule has 125 heavy (non-hydrogen) atoms. The molecule has 17 rings (SSSR count). The third-order valence-electron chi connectivity index (χ3n) is 22.7. The van der Waals surface area contributed by atoms with Gasteiger partial charge >= 0.3 is 0 Å². The number of benzene rings is 16. The quantitative estimate of drug-likeness (QED) is 0.116. The van der Waals surface area contributed by atoms with Crippen LogP contribution in [0.25, 0.3) is 131 Å². The third-order valence-corrected chi connectivity index (χ3v) is 22.7. The molecule has 0 spiro atoms. The van der Waals surface area contributed by atoms with Crippen molar-refractivity contribution >= 4 is 136 Å². The van der Waals surface area contributed by atoms with Crippen molar-refractivity contribution in [1.82, 2.24) is 0 Å². The van der Waals surface area contributed by atoms with Crippen LogP contribution in [0.15, 0.2) is 283 Å². The summed E-state index contributed by atoms with van der Waals surface area (Å²) in [5, 5.41) is 16.1. The highest BCUT2D eigenvalue weighted by Crippen LogP contribution is 2.54. The van der Waals surface area contributed by atoms with E-state index in [4.69, 9.17) is 77.8 Å².